The second kappa shape index (κ2) is 12.9. The van der Waals surface area contributed by atoms with Gasteiger partial charge in [0, 0.05) is 0 Å². The van der Waals surface area contributed by atoms with Crippen molar-refractivity contribution in [2.45, 2.75) is 72.9 Å². The van der Waals surface area contributed by atoms with E-state index in [2.05, 4.69) is 65.1 Å². The van der Waals surface area contributed by atoms with Crippen LogP contribution in [0, 0.1) is 11.5 Å². The summed E-state index contributed by atoms with van der Waals surface area (Å²) in [7, 11) is 0. The quantitative estimate of drug-likeness (QED) is 0.409. The summed E-state index contributed by atoms with van der Waals surface area (Å²) in [6, 6.07) is 0. The van der Waals surface area contributed by atoms with Crippen molar-refractivity contribution in [2.75, 3.05) is 0 Å². The average molecular weight is 462 g/mol. The predicted molar refractivity (Wildman–Crippen MR) is 96.7 cm³/mol. The van der Waals surface area contributed by atoms with Crippen LogP contribution in [-0.4, -0.2) is 5.43 Å². The number of rotatable bonds is 5. The van der Waals surface area contributed by atoms with E-state index in [9.17, 15) is 0 Å². The maximum absolute atomic E-state index is 3.88. The molecule has 0 spiro atoms. The Morgan fingerprint density at radius 2 is 1.62 bits per heavy atom. The third-order valence-electron chi connectivity index (χ3n) is 4.61. The molecule has 0 nitrogen and oxygen atoms in total. The molecule has 0 radical (unpaired) electrons. The van der Waals surface area contributed by atoms with Gasteiger partial charge < -0.3 is 24.8 Å². The minimum atomic E-state index is 0. The van der Waals surface area contributed by atoms with Gasteiger partial charge >= 0.3 is 41.9 Å². The first-order valence-electron chi connectivity index (χ1n) is 8.71. The molecule has 134 valence electrons. The molecule has 0 aromatic carbocycles. The zero-order chi connectivity index (χ0) is 16.8. The van der Waals surface area contributed by atoms with E-state index in [0.29, 0.717) is 0 Å². The molecule has 0 N–H and O–H groups in total. The SMILES string of the molecule is CCC1=C(CC)C(CC)(CC)[C-]=C1C1=CC=CC1.C[Si](C)=[Zr+2].[Cl-].[Cl-]. The Morgan fingerprint density at radius 1 is 1.08 bits per heavy atom. The average Bonchev–Trinajstić information content (AvgIpc) is 3.11. The van der Waals surface area contributed by atoms with Crippen LogP contribution >= 0.6 is 0 Å². The molecule has 0 fully saturated rings. The molecular weight excluding hydrogens is 430 g/mol. The molecule has 0 amide bonds. The second-order valence-corrected chi connectivity index (χ2v) is 15.7. The zero-order valence-corrected chi connectivity index (χ0v) is 21.0. The Bertz CT molecular complexity index is 534. The van der Waals surface area contributed by atoms with Crippen molar-refractivity contribution in [1.29, 1.82) is 0 Å². The minimum absolute atomic E-state index is 0. The summed E-state index contributed by atoms with van der Waals surface area (Å²) in [5.74, 6) is 0. The van der Waals surface area contributed by atoms with Crippen LogP contribution in [0.25, 0.3) is 0 Å². The molecule has 0 heterocycles. The Balaban J connectivity index is 0. The first kappa shape index (κ1) is 26.9. The first-order valence-corrected chi connectivity index (χ1v) is 14.9. The van der Waals surface area contributed by atoms with Crippen LogP contribution in [0.4, 0.5) is 0 Å². The topological polar surface area (TPSA) is 0 Å². The minimum Gasteiger partial charge on any atom is -1.00 e. The van der Waals surface area contributed by atoms with E-state index < -0.39 is 0 Å². The number of allylic oxidation sites excluding steroid dienone is 8. The van der Waals surface area contributed by atoms with E-state index in [1.807, 2.05) is 0 Å². The van der Waals surface area contributed by atoms with Crippen molar-refractivity contribution < 1.29 is 48.1 Å². The standard InChI is InChI=1S/C18H25.C2H6Si.2ClH.Zr/c1-5-15-16(14-11-9-10-12-14)13-18(7-3,8-4)17(15)6-2;1-3-2;;;/h9-11H,5-8,12H2,1-4H3;1-2H3;2*1H;/q-1;;;;+2/p-2. The number of hydrogen-bond acceptors (Lipinski definition) is 0. The fourth-order valence-electron chi connectivity index (χ4n) is 3.53. The molecular formula is C20H31Cl2SiZr-. The van der Waals surface area contributed by atoms with Crippen LogP contribution in [-0.2, 0) is 23.3 Å². The van der Waals surface area contributed by atoms with Gasteiger partial charge in [0.25, 0.3) is 0 Å². The number of hydrogen-bond donors (Lipinski definition) is 0. The van der Waals surface area contributed by atoms with E-state index in [1.165, 1.54) is 30.4 Å². The van der Waals surface area contributed by atoms with Crippen molar-refractivity contribution in [1.82, 2.24) is 0 Å². The molecule has 2 aliphatic rings. The van der Waals surface area contributed by atoms with E-state index in [-0.39, 0.29) is 35.7 Å². The van der Waals surface area contributed by atoms with Gasteiger partial charge in [0.15, 0.2) is 0 Å². The summed E-state index contributed by atoms with van der Waals surface area (Å²) in [6.45, 7) is 13.8. The fourth-order valence-corrected chi connectivity index (χ4v) is 3.53. The molecule has 0 bridgehead atoms. The van der Waals surface area contributed by atoms with Crippen LogP contribution in [0.15, 0.2) is 40.5 Å². The molecule has 24 heavy (non-hydrogen) atoms. The Morgan fingerprint density at radius 3 is 1.96 bits per heavy atom. The van der Waals surface area contributed by atoms with E-state index in [4.69, 9.17) is 0 Å². The largest absolute Gasteiger partial charge is 1.00 e. The summed E-state index contributed by atoms with van der Waals surface area (Å²) in [4.78, 5) is 0. The number of halogens is 2. The Kier molecular flexibility index (Phi) is 14.4. The van der Waals surface area contributed by atoms with Gasteiger partial charge in [0.1, 0.15) is 0 Å². The summed E-state index contributed by atoms with van der Waals surface area (Å²) in [6.07, 6.45) is 16.3. The van der Waals surface area contributed by atoms with Crippen LogP contribution in [0.2, 0.25) is 13.1 Å². The predicted octanol–water partition coefficient (Wildman–Crippen LogP) is 0.331. The molecule has 0 atom stereocenters. The van der Waals surface area contributed by atoms with E-state index in [0.717, 1.165) is 12.8 Å². The van der Waals surface area contributed by atoms with Crippen LogP contribution in [0.3, 0.4) is 0 Å². The summed E-state index contributed by atoms with van der Waals surface area (Å²) < 4.78 is 0. The molecule has 2 rings (SSSR count). The normalized spacial score (nSPS) is 17.3. The van der Waals surface area contributed by atoms with Gasteiger partial charge in [-0.1, -0.05) is 70.9 Å². The van der Waals surface area contributed by atoms with Crippen molar-refractivity contribution in [3.05, 3.63) is 46.6 Å². The molecule has 0 saturated heterocycles. The molecule has 0 aromatic rings. The van der Waals surface area contributed by atoms with E-state index >= 15 is 0 Å². The summed E-state index contributed by atoms with van der Waals surface area (Å²) in [5, 5.41) is 0. The Labute approximate surface area is 177 Å². The van der Waals surface area contributed by atoms with Crippen LogP contribution < -0.4 is 24.8 Å². The molecule has 2 aliphatic carbocycles. The maximum Gasteiger partial charge on any atom is -1.00 e. The third-order valence-corrected chi connectivity index (χ3v) is 4.61. The van der Waals surface area contributed by atoms with Crippen molar-refractivity contribution in [3.63, 3.8) is 0 Å². The Hall–Kier alpha value is 0.640. The summed E-state index contributed by atoms with van der Waals surface area (Å²) in [5.41, 5.74) is 6.57. The fraction of sp³-hybridized carbons (Fsp3) is 0.600. The van der Waals surface area contributed by atoms with Crippen molar-refractivity contribution in [2.24, 2.45) is 5.41 Å². The van der Waals surface area contributed by atoms with Crippen LogP contribution in [0.5, 0.6) is 0 Å². The second-order valence-electron chi connectivity index (χ2n) is 6.28. The molecule has 4 heteroatoms. The van der Waals surface area contributed by atoms with Gasteiger partial charge in [-0.05, 0) is 6.42 Å². The molecule has 0 aliphatic heterocycles. The first-order chi connectivity index (χ1) is 10.5. The maximum atomic E-state index is 3.88. The van der Waals surface area contributed by atoms with Gasteiger partial charge in [0.05, 0.1) is 0 Å². The van der Waals surface area contributed by atoms with Crippen molar-refractivity contribution in [3.8, 4) is 0 Å². The van der Waals surface area contributed by atoms with Gasteiger partial charge in [0.2, 0.25) is 0 Å². The van der Waals surface area contributed by atoms with Gasteiger partial charge in [-0.15, -0.1) is 22.8 Å². The zero-order valence-electron chi connectivity index (χ0n) is 16.0. The third kappa shape index (κ3) is 6.42. The summed E-state index contributed by atoms with van der Waals surface area (Å²) >= 11 is 1.74. The molecule has 0 unspecified atom stereocenters. The monoisotopic (exact) mass is 459 g/mol. The molecule has 0 saturated carbocycles. The van der Waals surface area contributed by atoms with Crippen molar-refractivity contribution >= 4 is 5.43 Å². The van der Waals surface area contributed by atoms with Gasteiger partial charge in [-0.2, -0.15) is 11.6 Å². The van der Waals surface area contributed by atoms with Gasteiger partial charge in [-0.3, -0.25) is 0 Å². The van der Waals surface area contributed by atoms with Crippen LogP contribution in [0.1, 0.15) is 59.8 Å². The molecule has 0 aromatic heterocycles. The smallest absolute Gasteiger partial charge is 1.00 e. The van der Waals surface area contributed by atoms with E-state index in [1.54, 1.807) is 34.5 Å². The van der Waals surface area contributed by atoms with Gasteiger partial charge in [-0.25, -0.2) is 0 Å².